The summed E-state index contributed by atoms with van der Waals surface area (Å²) in [6.07, 6.45) is 5.56. The maximum atomic E-state index is 10.7. The van der Waals surface area contributed by atoms with Crippen molar-refractivity contribution in [2.24, 2.45) is 0 Å². The molecule has 0 heterocycles. The number of carbonyl (C=O) groups excluding carboxylic acids is 1. The summed E-state index contributed by atoms with van der Waals surface area (Å²) in [5.74, 6) is -0.554. The molecule has 1 rings (SSSR count). The lowest BCUT2D eigenvalue weighted by molar-refractivity contribution is -0.269. The maximum absolute atomic E-state index is 10.7. The van der Waals surface area contributed by atoms with Gasteiger partial charge in [0, 0.05) is 6.08 Å². The Hall–Kier alpha value is -0.870. The van der Waals surface area contributed by atoms with Gasteiger partial charge in [0.05, 0.1) is 13.2 Å². The Morgan fingerprint density at radius 2 is 1.73 bits per heavy atom. The van der Waals surface area contributed by atoms with Crippen LogP contribution >= 0.6 is 0 Å². The molecule has 0 aliphatic heterocycles. The minimum Gasteiger partial charge on any atom is -0.407 e. The summed E-state index contributed by atoms with van der Waals surface area (Å²) >= 11 is 0. The predicted octanol–water partition coefficient (Wildman–Crippen LogP) is 2.24. The molecule has 0 aromatic heterocycles. The molecule has 1 fully saturated rings. The summed E-state index contributed by atoms with van der Waals surface area (Å²) in [6, 6.07) is 0. The van der Waals surface area contributed by atoms with Crippen molar-refractivity contribution in [3.05, 3.63) is 12.7 Å². The van der Waals surface area contributed by atoms with Gasteiger partial charge in [0.2, 0.25) is 0 Å². The van der Waals surface area contributed by atoms with E-state index in [1.807, 2.05) is 0 Å². The second-order valence-electron chi connectivity index (χ2n) is 2.90. The third kappa shape index (κ3) is 11.1. The Morgan fingerprint density at radius 1 is 1.27 bits per heavy atom. The molecule has 0 atom stereocenters. The fourth-order valence-electron chi connectivity index (χ4n) is 0.531. The van der Waals surface area contributed by atoms with Crippen LogP contribution in [0.15, 0.2) is 12.7 Å². The predicted molar refractivity (Wildman–Crippen MR) is 57.2 cm³/mol. The third-order valence-corrected chi connectivity index (χ3v) is 1.34. The van der Waals surface area contributed by atoms with E-state index in [9.17, 15) is 4.79 Å². The van der Waals surface area contributed by atoms with Gasteiger partial charge in [-0.3, -0.25) is 0 Å². The standard InChI is InChI=1S/C8H14O4.C3H6/c1-4-7(9)12-8(10-5-2)11-6-3;1-2-3-1/h4,8H,1,5-6H2,2-3H3;1-3H2. The number of esters is 1. The molecule has 1 saturated carbocycles. The SMILES string of the molecule is C1CC1.C=CC(=O)OC(OCC)OCC. The van der Waals surface area contributed by atoms with Gasteiger partial charge in [-0.05, 0) is 13.8 Å². The molecule has 0 N–H and O–H groups in total. The van der Waals surface area contributed by atoms with Crippen molar-refractivity contribution in [3.8, 4) is 0 Å². The summed E-state index contributed by atoms with van der Waals surface area (Å²) in [7, 11) is 0. The summed E-state index contributed by atoms with van der Waals surface area (Å²) in [6.45, 7) is 6.76. The van der Waals surface area contributed by atoms with E-state index in [-0.39, 0.29) is 0 Å². The Morgan fingerprint density at radius 3 is 2.00 bits per heavy atom. The van der Waals surface area contributed by atoms with E-state index in [0.29, 0.717) is 13.2 Å². The topological polar surface area (TPSA) is 44.8 Å². The second kappa shape index (κ2) is 9.68. The average Bonchev–Trinajstić information content (AvgIpc) is 3.05. The van der Waals surface area contributed by atoms with Gasteiger partial charge < -0.3 is 14.2 Å². The van der Waals surface area contributed by atoms with Gasteiger partial charge in [-0.25, -0.2) is 4.79 Å². The molecule has 88 valence electrons. The number of rotatable bonds is 6. The highest BCUT2D eigenvalue weighted by Crippen LogP contribution is 2.14. The number of hydrogen-bond donors (Lipinski definition) is 0. The first-order valence-corrected chi connectivity index (χ1v) is 5.30. The molecule has 0 spiro atoms. The van der Waals surface area contributed by atoms with E-state index >= 15 is 0 Å². The van der Waals surface area contributed by atoms with Crippen LogP contribution in [0.25, 0.3) is 0 Å². The highest BCUT2D eigenvalue weighted by molar-refractivity contribution is 5.81. The monoisotopic (exact) mass is 216 g/mol. The molecule has 0 unspecified atom stereocenters. The van der Waals surface area contributed by atoms with Crippen LogP contribution in [0.4, 0.5) is 0 Å². The second-order valence-corrected chi connectivity index (χ2v) is 2.90. The number of carbonyl (C=O) groups is 1. The molecule has 1 aliphatic rings. The molecule has 0 saturated heterocycles. The lowest BCUT2D eigenvalue weighted by atomic mass is 10.7. The maximum Gasteiger partial charge on any atom is 0.334 e. The van der Waals surface area contributed by atoms with Gasteiger partial charge in [0.1, 0.15) is 0 Å². The van der Waals surface area contributed by atoms with Gasteiger partial charge in [-0.15, -0.1) is 0 Å². The molecule has 1 aliphatic carbocycles. The summed E-state index contributed by atoms with van der Waals surface area (Å²) in [5, 5.41) is 0. The molecule has 0 amide bonds. The molecule has 4 nitrogen and oxygen atoms in total. The van der Waals surface area contributed by atoms with Crippen LogP contribution in [-0.2, 0) is 19.0 Å². The van der Waals surface area contributed by atoms with E-state index in [4.69, 9.17) is 9.47 Å². The van der Waals surface area contributed by atoms with Crippen molar-refractivity contribution >= 4 is 5.97 Å². The Kier molecular flexibility index (Phi) is 9.11. The largest absolute Gasteiger partial charge is 0.407 e. The summed E-state index contributed by atoms with van der Waals surface area (Å²) in [4.78, 5) is 10.7. The first-order valence-electron chi connectivity index (χ1n) is 5.30. The van der Waals surface area contributed by atoms with Gasteiger partial charge in [0.15, 0.2) is 0 Å². The zero-order valence-electron chi connectivity index (χ0n) is 9.53. The normalized spacial score (nSPS) is 12.7. The zero-order chi connectivity index (χ0) is 11.5. The number of ether oxygens (including phenoxy) is 3. The lowest BCUT2D eigenvalue weighted by Gasteiger charge is -2.15. The molecule has 15 heavy (non-hydrogen) atoms. The quantitative estimate of drug-likeness (QED) is 0.388. The Labute approximate surface area is 91.2 Å². The zero-order valence-corrected chi connectivity index (χ0v) is 9.53. The van der Waals surface area contributed by atoms with E-state index in [1.165, 1.54) is 19.3 Å². The lowest BCUT2D eigenvalue weighted by Crippen LogP contribution is -2.23. The van der Waals surface area contributed by atoms with Gasteiger partial charge in [-0.1, -0.05) is 25.8 Å². The van der Waals surface area contributed by atoms with E-state index in [1.54, 1.807) is 13.8 Å². The first kappa shape index (κ1) is 14.1. The highest BCUT2D eigenvalue weighted by Gasteiger charge is 2.10. The molecule has 0 aromatic rings. The molecular weight excluding hydrogens is 196 g/mol. The Bertz CT molecular complexity index is 169. The Balaban J connectivity index is 0.000000548. The van der Waals surface area contributed by atoms with Crippen molar-refractivity contribution in [1.82, 2.24) is 0 Å². The van der Waals surface area contributed by atoms with Crippen LogP contribution in [0.1, 0.15) is 33.1 Å². The molecule has 0 radical (unpaired) electrons. The van der Waals surface area contributed by atoms with Gasteiger partial charge in [-0.2, -0.15) is 0 Å². The fourth-order valence-corrected chi connectivity index (χ4v) is 0.531. The van der Waals surface area contributed by atoms with Gasteiger partial charge in [0.25, 0.3) is 0 Å². The van der Waals surface area contributed by atoms with Crippen molar-refractivity contribution in [1.29, 1.82) is 0 Å². The highest BCUT2D eigenvalue weighted by atomic mass is 16.9. The van der Waals surface area contributed by atoms with Crippen LogP contribution in [-0.4, -0.2) is 25.7 Å². The van der Waals surface area contributed by atoms with Crippen molar-refractivity contribution < 1.29 is 19.0 Å². The smallest absolute Gasteiger partial charge is 0.334 e. The first-order chi connectivity index (χ1) is 7.24. The molecule has 0 bridgehead atoms. The molecule has 0 aromatic carbocycles. The van der Waals surface area contributed by atoms with Crippen LogP contribution in [0.2, 0.25) is 0 Å². The van der Waals surface area contributed by atoms with E-state index in [2.05, 4.69) is 11.3 Å². The summed E-state index contributed by atoms with van der Waals surface area (Å²) < 4.78 is 14.6. The van der Waals surface area contributed by atoms with Crippen molar-refractivity contribution in [2.75, 3.05) is 13.2 Å². The minimum absolute atomic E-state index is 0.426. The van der Waals surface area contributed by atoms with E-state index < -0.39 is 12.4 Å². The van der Waals surface area contributed by atoms with Gasteiger partial charge >= 0.3 is 12.4 Å². The fraction of sp³-hybridized carbons (Fsp3) is 0.727. The van der Waals surface area contributed by atoms with Crippen LogP contribution in [0.5, 0.6) is 0 Å². The number of hydrogen-bond acceptors (Lipinski definition) is 4. The van der Waals surface area contributed by atoms with E-state index in [0.717, 1.165) is 6.08 Å². The summed E-state index contributed by atoms with van der Waals surface area (Å²) in [5.41, 5.74) is 0. The molecule has 4 heteroatoms. The van der Waals surface area contributed by atoms with Crippen molar-refractivity contribution in [3.63, 3.8) is 0 Å². The van der Waals surface area contributed by atoms with Crippen LogP contribution in [0.3, 0.4) is 0 Å². The third-order valence-electron chi connectivity index (χ3n) is 1.34. The van der Waals surface area contributed by atoms with Crippen LogP contribution < -0.4 is 0 Å². The van der Waals surface area contributed by atoms with Crippen molar-refractivity contribution in [2.45, 2.75) is 39.6 Å². The molecular formula is C11H20O4. The minimum atomic E-state index is -0.912. The van der Waals surface area contributed by atoms with Crippen LogP contribution in [0, 0.1) is 0 Å². The average molecular weight is 216 g/mol.